The second-order valence-electron chi connectivity index (χ2n) is 6.57. The van der Waals surface area contributed by atoms with E-state index in [-0.39, 0.29) is 23.5 Å². The normalized spacial score (nSPS) is 20.4. The molecule has 29 heavy (non-hydrogen) atoms. The van der Waals surface area contributed by atoms with Gasteiger partial charge in [0.1, 0.15) is 17.6 Å². The minimum atomic E-state index is -2.45. The molecule has 1 aliphatic heterocycles. The molecule has 2 atom stereocenters. The number of aromatic hydroxyl groups is 2. The van der Waals surface area contributed by atoms with Gasteiger partial charge in [0, 0.05) is 20.0 Å². The number of phenolic OH excluding ortho intramolecular Hbond substituents is 2. The number of nitriles is 1. The number of carbonyl (C=O) groups excluding carboxylic acids is 2. The third-order valence-corrected chi connectivity index (χ3v) is 4.48. The van der Waals surface area contributed by atoms with Gasteiger partial charge >= 0.3 is 5.91 Å². The number of amides is 1. The molecule has 9 nitrogen and oxygen atoms in total. The molecule has 3 N–H and O–H groups in total. The fourth-order valence-corrected chi connectivity index (χ4v) is 3.27. The molecular weight excluding hydrogens is 380 g/mol. The molecular formula is C20H18N2O7. The number of phenols is 2. The number of nitrogens with zero attached hydrogens (tertiary/aromatic N) is 2. The number of rotatable bonds is 4. The first-order valence-corrected chi connectivity index (χ1v) is 8.54. The smallest absolute Gasteiger partial charge is 0.313 e. The first kappa shape index (κ1) is 20.3. The Balaban J connectivity index is 2.16. The summed E-state index contributed by atoms with van der Waals surface area (Å²) in [4.78, 5) is 28.9. The Kier molecular flexibility index (Phi) is 5.26. The summed E-state index contributed by atoms with van der Waals surface area (Å²) in [6, 6.07) is 10.4. The average Bonchev–Trinajstić information content (AvgIpc) is 2.66. The van der Waals surface area contributed by atoms with Gasteiger partial charge in [-0.15, -0.1) is 0 Å². The molecule has 1 heterocycles. The van der Waals surface area contributed by atoms with Crippen LogP contribution in [-0.4, -0.2) is 39.1 Å². The van der Waals surface area contributed by atoms with E-state index < -0.39 is 29.3 Å². The second-order valence-corrected chi connectivity index (χ2v) is 6.57. The number of likely N-dealkylation sites (N-methyl/N-ethyl adjacent to an activating group) is 1. The van der Waals surface area contributed by atoms with Gasteiger partial charge in [0.05, 0.1) is 23.8 Å². The Morgan fingerprint density at radius 2 is 2.03 bits per heavy atom. The molecule has 0 fully saturated rings. The molecule has 0 aromatic heterocycles. The molecule has 2 aromatic rings. The molecule has 0 spiro atoms. The van der Waals surface area contributed by atoms with Crippen molar-refractivity contribution in [3.05, 3.63) is 58.7 Å². The summed E-state index contributed by atoms with van der Waals surface area (Å²) in [6.45, 7) is 0.940. The van der Waals surface area contributed by atoms with Crippen molar-refractivity contribution in [3.63, 3.8) is 0 Å². The summed E-state index contributed by atoms with van der Waals surface area (Å²) in [6.07, 6.45) is -1.26. The van der Waals surface area contributed by atoms with Crippen molar-refractivity contribution < 1.29 is 34.5 Å². The number of hydrogen-bond acceptors (Lipinski definition) is 8. The van der Waals surface area contributed by atoms with E-state index in [4.69, 9.17) is 14.8 Å². The van der Waals surface area contributed by atoms with Gasteiger partial charge in [-0.25, -0.2) is 9.90 Å². The van der Waals surface area contributed by atoms with E-state index in [1.54, 1.807) is 18.2 Å². The van der Waals surface area contributed by atoms with Gasteiger partial charge in [-0.3, -0.25) is 9.59 Å². The van der Waals surface area contributed by atoms with Crippen molar-refractivity contribution in [1.82, 2.24) is 5.06 Å². The quantitative estimate of drug-likeness (QED) is 0.398. The fraction of sp³-hybridized carbons (Fsp3) is 0.250. The van der Waals surface area contributed by atoms with E-state index in [9.17, 15) is 24.9 Å². The van der Waals surface area contributed by atoms with E-state index in [1.807, 2.05) is 6.07 Å². The summed E-state index contributed by atoms with van der Waals surface area (Å²) < 4.78 is 5.73. The van der Waals surface area contributed by atoms with Gasteiger partial charge in [-0.1, -0.05) is 12.1 Å². The summed E-state index contributed by atoms with van der Waals surface area (Å²) >= 11 is 0. The molecule has 1 aliphatic rings. The Bertz CT molecular complexity index is 1030. The largest absolute Gasteiger partial charge is 0.508 e. The highest BCUT2D eigenvalue weighted by atomic mass is 16.8. The minimum Gasteiger partial charge on any atom is -0.508 e. The third-order valence-electron chi connectivity index (χ3n) is 4.48. The molecule has 0 saturated carbocycles. The lowest BCUT2D eigenvalue weighted by Crippen LogP contribution is -2.48. The van der Waals surface area contributed by atoms with Crippen LogP contribution in [0.5, 0.6) is 11.5 Å². The summed E-state index contributed by atoms with van der Waals surface area (Å²) in [5.74, 6) is -5.06. The van der Waals surface area contributed by atoms with Crippen molar-refractivity contribution in [2.45, 2.75) is 25.4 Å². The maximum atomic E-state index is 12.0. The summed E-state index contributed by atoms with van der Waals surface area (Å²) in [7, 11) is 1.14. The number of hydroxylamine groups is 2. The van der Waals surface area contributed by atoms with Gasteiger partial charge in [-0.2, -0.15) is 5.26 Å². The van der Waals surface area contributed by atoms with Crippen molar-refractivity contribution in [3.8, 4) is 17.6 Å². The number of hydrogen-bond donors (Lipinski definition) is 3. The first-order chi connectivity index (χ1) is 13.7. The van der Waals surface area contributed by atoms with Crippen molar-refractivity contribution >= 4 is 11.7 Å². The van der Waals surface area contributed by atoms with Crippen molar-refractivity contribution in [2.24, 2.45) is 0 Å². The Morgan fingerprint density at radius 3 is 2.69 bits per heavy atom. The summed E-state index contributed by atoms with van der Waals surface area (Å²) in [5.41, 5.74) is 0.731. The standard InChI is InChI=1S/C20H18N2O7/c1-11(23)19(26)22(2)29-20(27)17-14(7-15(24)8-16(17)25)10-28-18(20)13-5-3-4-12(6-13)9-21/h3-8,18,24-25,27H,10H2,1-2H3. The second kappa shape index (κ2) is 7.52. The van der Waals surface area contributed by atoms with Gasteiger partial charge in [-0.05, 0) is 29.3 Å². The highest BCUT2D eigenvalue weighted by Crippen LogP contribution is 2.49. The van der Waals surface area contributed by atoms with Crippen molar-refractivity contribution in [2.75, 3.05) is 7.05 Å². The maximum absolute atomic E-state index is 12.0. The lowest BCUT2D eigenvalue weighted by Gasteiger charge is -2.42. The van der Waals surface area contributed by atoms with Crippen LogP contribution in [0.2, 0.25) is 0 Å². The Morgan fingerprint density at radius 1 is 1.31 bits per heavy atom. The molecule has 0 radical (unpaired) electrons. The van der Waals surface area contributed by atoms with E-state index in [1.165, 1.54) is 12.1 Å². The number of aliphatic hydroxyl groups is 1. The lowest BCUT2D eigenvalue weighted by atomic mass is 9.87. The van der Waals surface area contributed by atoms with Gasteiger partial charge in [0.15, 0.2) is 0 Å². The number of Topliss-reactive ketones (excluding diaryl/α,β-unsaturated/α-hetero) is 1. The van der Waals surface area contributed by atoms with E-state index in [2.05, 4.69) is 0 Å². The predicted molar refractivity (Wildman–Crippen MR) is 96.9 cm³/mol. The van der Waals surface area contributed by atoms with Crippen LogP contribution in [0.15, 0.2) is 36.4 Å². The molecule has 0 bridgehead atoms. The highest BCUT2D eigenvalue weighted by molar-refractivity contribution is 6.34. The number of ketones is 1. The molecule has 0 aliphatic carbocycles. The number of fused-ring (bicyclic) bond motifs is 1. The zero-order valence-corrected chi connectivity index (χ0v) is 15.6. The molecule has 2 aromatic carbocycles. The van der Waals surface area contributed by atoms with Crippen LogP contribution >= 0.6 is 0 Å². The number of benzene rings is 2. The van der Waals surface area contributed by atoms with E-state index in [0.29, 0.717) is 16.2 Å². The van der Waals surface area contributed by atoms with Crippen LogP contribution < -0.4 is 0 Å². The van der Waals surface area contributed by atoms with Gasteiger partial charge < -0.3 is 20.1 Å². The molecule has 3 rings (SSSR count). The monoisotopic (exact) mass is 398 g/mol. The predicted octanol–water partition coefficient (Wildman–Crippen LogP) is 1.37. The van der Waals surface area contributed by atoms with Crippen LogP contribution in [0, 0.1) is 11.3 Å². The molecule has 150 valence electrons. The zero-order valence-electron chi connectivity index (χ0n) is 15.6. The Labute approximate surface area is 165 Å². The molecule has 9 heteroatoms. The SMILES string of the molecule is CC(=O)C(=O)N(C)OC1(O)c2c(O)cc(O)cc2COC1c1cccc(C#N)c1. The number of carbonyl (C=O) groups is 2. The summed E-state index contributed by atoms with van der Waals surface area (Å²) in [5, 5.41) is 41.4. The zero-order chi connectivity index (χ0) is 21.3. The average molecular weight is 398 g/mol. The first-order valence-electron chi connectivity index (χ1n) is 8.54. The van der Waals surface area contributed by atoms with E-state index >= 15 is 0 Å². The lowest BCUT2D eigenvalue weighted by molar-refractivity contribution is -0.364. The van der Waals surface area contributed by atoms with E-state index in [0.717, 1.165) is 20.0 Å². The van der Waals surface area contributed by atoms with Gasteiger partial charge in [0.25, 0.3) is 5.79 Å². The van der Waals surface area contributed by atoms with Crippen LogP contribution in [-0.2, 0) is 31.6 Å². The third kappa shape index (κ3) is 3.64. The van der Waals surface area contributed by atoms with Crippen LogP contribution in [0.3, 0.4) is 0 Å². The maximum Gasteiger partial charge on any atom is 0.313 e. The van der Waals surface area contributed by atoms with Crippen LogP contribution in [0.25, 0.3) is 0 Å². The fourth-order valence-electron chi connectivity index (χ4n) is 3.27. The number of ether oxygens (including phenoxy) is 1. The van der Waals surface area contributed by atoms with Crippen molar-refractivity contribution in [1.29, 1.82) is 5.26 Å². The highest BCUT2D eigenvalue weighted by Gasteiger charge is 2.50. The molecule has 0 saturated heterocycles. The molecule has 2 unspecified atom stereocenters. The topological polar surface area (TPSA) is 140 Å². The van der Waals surface area contributed by atoms with Crippen LogP contribution in [0.1, 0.15) is 35.3 Å². The molecule has 1 amide bonds. The Hall–Kier alpha value is -3.45. The minimum absolute atomic E-state index is 0.102. The van der Waals surface area contributed by atoms with Crippen LogP contribution in [0.4, 0.5) is 0 Å². The van der Waals surface area contributed by atoms with Gasteiger partial charge in [0.2, 0.25) is 5.78 Å².